The van der Waals surface area contributed by atoms with Crippen LogP contribution in [0.5, 0.6) is 5.75 Å². The van der Waals surface area contributed by atoms with Gasteiger partial charge >= 0.3 is 0 Å². The zero-order valence-electron chi connectivity index (χ0n) is 17.7. The first-order valence-corrected chi connectivity index (χ1v) is 11.6. The Balaban J connectivity index is 1.90. The van der Waals surface area contributed by atoms with Gasteiger partial charge in [0.1, 0.15) is 10.6 Å². The van der Waals surface area contributed by atoms with E-state index in [1.165, 1.54) is 17.5 Å². The van der Waals surface area contributed by atoms with E-state index in [2.05, 4.69) is 23.7 Å². The number of nitrogens with zero attached hydrogens (tertiary/aromatic N) is 3. The maximum absolute atomic E-state index is 13.2. The summed E-state index contributed by atoms with van der Waals surface area (Å²) >= 11 is 0. The quantitative estimate of drug-likeness (QED) is 0.600. The summed E-state index contributed by atoms with van der Waals surface area (Å²) in [4.78, 5) is 6.90. The Kier molecular flexibility index (Phi) is 7.47. The number of hydrogen-bond donors (Lipinski definition) is 0. The van der Waals surface area contributed by atoms with E-state index >= 15 is 0 Å². The van der Waals surface area contributed by atoms with Crippen LogP contribution >= 0.6 is 0 Å². The fourth-order valence-corrected chi connectivity index (χ4v) is 4.92. The molecule has 1 saturated heterocycles. The third-order valence-corrected chi connectivity index (χ3v) is 7.06. The van der Waals surface area contributed by atoms with Gasteiger partial charge in [0.05, 0.1) is 26.0 Å². The van der Waals surface area contributed by atoms with Crippen molar-refractivity contribution in [1.82, 2.24) is 4.31 Å². The monoisotopic (exact) mass is 431 g/mol. The fourth-order valence-electron chi connectivity index (χ4n) is 3.36. The molecular weight excluding hydrogens is 402 g/mol. The molecule has 1 aliphatic heterocycles. The minimum Gasteiger partial charge on any atom is -0.497 e. The molecule has 0 aromatic heterocycles. The molecule has 2 aromatic carbocycles. The molecule has 0 N–H and O–H groups in total. The molecule has 0 atom stereocenters. The number of aliphatic imine (C=N–C) groups is 1. The standard InChI is InChI=1S/C22H29N3O4S/c1-4-24(5-2)19-8-6-18(7-9-19)17-23-21-11-10-20(28-3)16-22(21)30(26,27)25-12-14-29-15-13-25/h6-11,16-17H,4-5,12-15H2,1-3H3. The molecule has 162 valence electrons. The lowest BCUT2D eigenvalue weighted by molar-refractivity contribution is 0.0730. The molecule has 1 fully saturated rings. The van der Waals surface area contributed by atoms with Gasteiger partial charge in [0.2, 0.25) is 10.0 Å². The van der Waals surface area contributed by atoms with Crippen LogP contribution in [0.4, 0.5) is 11.4 Å². The van der Waals surface area contributed by atoms with Gasteiger partial charge in [-0.25, -0.2) is 8.42 Å². The number of rotatable bonds is 8. The van der Waals surface area contributed by atoms with Crippen molar-refractivity contribution in [3.05, 3.63) is 48.0 Å². The van der Waals surface area contributed by atoms with Crippen molar-refractivity contribution in [2.45, 2.75) is 18.7 Å². The van der Waals surface area contributed by atoms with E-state index in [0.29, 0.717) is 37.7 Å². The van der Waals surface area contributed by atoms with E-state index in [4.69, 9.17) is 9.47 Å². The summed E-state index contributed by atoms with van der Waals surface area (Å²) < 4.78 is 38.4. The van der Waals surface area contributed by atoms with Gasteiger partial charge < -0.3 is 14.4 Å². The highest BCUT2D eigenvalue weighted by Gasteiger charge is 2.29. The average Bonchev–Trinajstić information content (AvgIpc) is 2.79. The highest BCUT2D eigenvalue weighted by molar-refractivity contribution is 7.89. The maximum atomic E-state index is 13.2. The molecule has 0 saturated carbocycles. The smallest absolute Gasteiger partial charge is 0.245 e. The third kappa shape index (κ3) is 5.00. The number of benzene rings is 2. The number of sulfonamides is 1. The van der Waals surface area contributed by atoms with Crippen LogP contribution in [0.1, 0.15) is 19.4 Å². The highest BCUT2D eigenvalue weighted by Crippen LogP contribution is 2.31. The SMILES string of the molecule is CCN(CC)c1ccc(C=Nc2ccc(OC)cc2S(=O)(=O)N2CCOCC2)cc1. The van der Waals surface area contributed by atoms with Crippen LogP contribution < -0.4 is 9.64 Å². The Hall–Kier alpha value is -2.42. The topological polar surface area (TPSA) is 71.4 Å². The molecule has 0 unspecified atom stereocenters. The molecule has 0 bridgehead atoms. The van der Waals surface area contributed by atoms with Gasteiger partial charge in [-0.3, -0.25) is 4.99 Å². The Bertz CT molecular complexity index is 964. The minimum atomic E-state index is -3.70. The second kappa shape index (κ2) is 10.1. The van der Waals surface area contributed by atoms with E-state index in [0.717, 1.165) is 24.3 Å². The van der Waals surface area contributed by atoms with Gasteiger partial charge in [0.15, 0.2) is 0 Å². The van der Waals surface area contributed by atoms with Crippen molar-refractivity contribution in [2.24, 2.45) is 4.99 Å². The van der Waals surface area contributed by atoms with Gasteiger partial charge in [0.25, 0.3) is 0 Å². The van der Waals surface area contributed by atoms with Gasteiger partial charge in [-0.15, -0.1) is 0 Å². The largest absolute Gasteiger partial charge is 0.497 e. The van der Waals surface area contributed by atoms with Crippen molar-refractivity contribution in [1.29, 1.82) is 0 Å². The number of morpholine rings is 1. The summed E-state index contributed by atoms with van der Waals surface area (Å²) in [7, 11) is -2.19. The normalized spacial score (nSPS) is 15.4. The van der Waals surface area contributed by atoms with Crippen LogP contribution in [0, 0.1) is 0 Å². The fraction of sp³-hybridized carbons (Fsp3) is 0.409. The molecule has 0 amide bonds. The van der Waals surface area contributed by atoms with Gasteiger partial charge in [-0.2, -0.15) is 4.31 Å². The first-order chi connectivity index (χ1) is 14.5. The Morgan fingerprint density at radius 2 is 1.77 bits per heavy atom. The summed E-state index contributed by atoms with van der Waals surface area (Å²) in [6.45, 7) is 7.57. The number of hydrogen-bond acceptors (Lipinski definition) is 6. The van der Waals surface area contributed by atoms with E-state index in [1.54, 1.807) is 18.3 Å². The van der Waals surface area contributed by atoms with Crippen LogP contribution in [0.15, 0.2) is 52.4 Å². The van der Waals surface area contributed by atoms with Crippen LogP contribution in [0.2, 0.25) is 0 Å². The summed E-state index contributed by atoms with van der Waals surface area (Å²) in [6, 6.07) is 13.0. The lowest BCUT2D eigenvalue weighted by Crippen LogP contribution is -2.40. The van der Waals surface area contributed by atoms with Crippen molar-refractivity contribution in [3.8, 4) is 5.75 Å². The van der Waals surface area contributed by atoms with Gasteiger partial charge in [0, 0.05) is 44.1 Å². The Labute approximate surface area is 179 Å². The average molecular weight is 432 g/mol. The van der Waals surface area contributed by atoms with Crippen LogP contribution in [-0.2, 0) is 14.8 Å². The predicted octanol–water partition coefficient (Wildman–Crippen LogP) is 3.31. The molecule has 2 aromatic rings. The minimum absolute atomic E-state index is 0.139. The number of ether oxygens (including phenoxy) is 2. The lowest BCUT2D eigenvalue weighted by atomic mass is 10.2. The molecule has 1 heterocycles. The second-order valence-electron chi connectivity index (χ2n) is 6.87. The van der Waals surface area contributed by atoms with Crippen LogP contribution in [-0.4, -0.2) is 65.4 Å². The second-order valence-corrected chi connectivity index (χ2v) is 8.78. The molecule has 0 spiro atoms. The summed E-state index contributed by atoms with van der Waals surface area (Å²) in [5, 5.41) is 0. The van der Waals surface area contributed by atoms with E-state index < -0.39 is 10.0 Å². The zero-order chi connectivity index (χ0) is 21.6. The molecule has 3 rings (SSSR count). The van der Waals surface area contributed by atoms with E-state index in [9.17, 15) is 8.42 Å². The maximum Gasteiger partial charge on any atom is 0.245 e. The molecular formula is C22H29N3O4S. The molecule has 0 radical (unpaired) electrons. The van der Waals surface area contributed by atoms with E-state index in [-0.39, 0.29) is 4.90 Å². The van der Waals surface area contributed by atoms with E-state index in [1.807, 2.05) is 24.3 Å². The van der Waals surface area contributed by atoms with Crippen molar-refractivity contribution in [3.63, 3.8) is 0 Å². The summed E-state index contributed by atoms with van der Waals surface area (Å²) in [5.74, 6) is 0.476. The van der Waals surface area contributed by atoms with Crippen LogP contribution in [0.3, 0.4) is 0 Å². The predicted molar refractivity (Wildman–Crippen MR) is 120 cm³/mol. The molecule has 8 heteroatoms. The molecule has 1 aliphatic rings. The summed E-state index contributed by atoms with van der Waals surface area (Å²) in [6.07, 6.45) is 1.69. The molecule has 30 heavy (non-hydrogen) atoms. The van der Waals surface area contributed by atoms with Crippen molar-refractivity contribution >= 4 is 27.6 Å². The number of anilines is 1. The zero-order valence-corrected chi connectivity index (χ0v) is 18.6. The Morgan fingerprint density at radius 3 is 2.37 bits per heavy atom. The van der Waals surface area contributed by atoms with Crippen LogP contribution in [0.25, 0.3) is 0 Å². The molecule has 0 aliphatic carbocycles. The highest BCUT2D eigenvalue weighted by atomic mass is 32.2. The number of methoxy groups -OCH3 is 1. The first-order valence-electron chi connectivity index (χ1n) is 10.1. The third-order valence-electron chi connectivity index (χ3n) is 5.13. The molecule has 7 nitrogen and oxygen atoms in total. The Morgan fingerprint density at radius 1 is 1.10 bits per heavy atom. The van der Waals surface area contributed by atoms with Crippen molar-refractivity contribution < 1.29 is 17.9 Å². The van der Waals surface area contributed by atoms with Crippen molar-refractivity contribution in [2.75, 3.05) is 51.4 Å². The summed E-state index contributed by atoms with van der Waals surface area (Å²) in [5.41, 5.74) is 2.43. The first kappa shape index (κ1) is 22.3. The van der Waals surface area contributed by atoms with Gasteiger partial charge in [-0.05, 0) is 43.7 Å². The lowest BCUT2D eigenvalue weighted by Gasteiger charge is -2.26. The van der Waals surface area contributed by atoms with Gasteiger partial charge in [-0.1, -0.05) is 12.1 Å².